The van der Waals surface area contributed by atoms with Gasteiger partial charge in [-0.2, -0.15) is 13.2 Å². The molecule has 1 saturated heterocycles. The Kier molecular flexibility index (Phi) is 12.3. The third-order valence-electron chi connectivity index (χ3n) is 6.90. The van der Waals surface area contributed by atoms with E-state index in [0.717, 1.165) is 16.5 Å². The van der Waals surface area contributed by atoms with Crippen molar-refractivity contribution in [3.63, 3.8) is 0 Å². The van der Waals surface area contributed by atoms with E-state index in [0.29, 0.717) is 23.5 Å². The molecule has 3 amide bonds. The fourth-order valence-corrected chi connectivity index (χ4v) is 4.72. The highest BCUT2D eigenvalue weighted by atomic mass is 19.4. The van der Waals surface area contributed by atoms with E-state index in [4.69, 9.17) is 9.84 Å². The number of aromatic nitrogens is 2. The lowest BCUT2D eigenvalue weighted by molar-refractivity contribution is -0.143. The zero-order chi connectivity index (χ0) is 34.9. The molecule has 12 nitrogen and oxygen atoms in total. The van der Waals surface area contributed by atoms with Gasteiger partial charge in [0.05, 0.1) is 48.7 Å². The van der Waals surface area contributed by atoms with Crippen LogP contribution in [0.3, 0.4) is 0 Å². The Morgan fingerprint density at radius 3 is 2.45 bits per heavy atom. The van der Waals surface area contributed by atoms with E-state index in [1.54, 1.807) is 35.5 Å². The Bertz CT molecular complexity index is 1560. The lowest BCUT2D eigenvalue weighted by Crippen LogP contribution is -2.47. The first kappa shape index (κ1) is 36.3. The summed E-state index contributed by atoms with van der Waals surface area (Å²) in [5, 5.41) is 10.6. The van der Waals surface area contributed by atoms with Crippen molar-refractivity contribution in [1.29, 1.82) is 0 Å². The predicted molar refractivity (Wildman–Crippen MR) is 164 cm³/mol. The average molecular weight is 663 g/mol. The number of nitrogens with zero attached hydrogens (tertiary/aromatic N) is 5. The van der Waals surface area contributed by atoms with Gasteiger partial charge in [-0.15, -0.1) is 0 Å². The average Bonchev–Trinajstić information content (AvgIpc) is 3.00. The third-order valence-corrected chi connectivity index (χ3v) is 6.90. The molecule has 4 rings (SSSR count). The van der Waals surface area contributed by atoms with Crippen molar-refractivity contribution in [2.75, 3.05) is 55.1 Å². The summed E-state index contributed by atoms with van der Waals surface area (Å²) in [6.45, 7) is 2.87. The van der Waals surface area contributed by atoms with Gasteiger partial charge in [-0.25, -0.2) is 14.3 Å². The molecule has 3 aromatic rings. The molecule has 16 heteroatoms. The summed E-state index contributed by atoms with van der Waals surface area (Å²) in [5.74, 6) is -3.26. The summed E-state index contributed by atoms with van der Waals surface area (Å²) in [4.78, 5) is 58.6. The van der Waals surface area contributed by atoms with Gasteiger partial charge >= 0.3 is 12.1 Å². The number of amides is 3. The van der Waals surface area contributed by atoms with Crippen molar-refractivity contribution in [2.24, 2.45) is 0 Å². The fraction of sp³-hybridized carbons (Fsp3) is 0.355. The second-order valence-electron chi connectivity index (χ2n) is 10.7. The largest absolute Gasteiger partial charge is 0.480 e. The number of carbonyl (C=O) groups is 4. The summed E-state index contributed by atoms with van der Waals surface area (Å²) in [6, 6.07) is 6.42. The maximum Gasteiger partial charge on any atom is 0.391 e. The molecule has 1 aromatic carbocycles. The van der Waals surface area contributed by atoms with Gasteiger partial charge in [0, 0.05) is 38.7 Å². The molecule has 1 unspecified atom stereocenters. The number of carboxylic acid groups (broad SMARTS) is 1. The van der Waals surface area contributed by atoms with Crippen LogP contribution >= 0.6 is 0 Å². The Labute approximate surface area is 268 Å². The minimum Gasteiger partial charge on any atom is -0.480 e. The molecule has 0 bridgehead atoms. The first-order valence-corrected chi connectivity index (χ1v) is 14.2. The molecule has 0 radical (unpaired) electrons. The first-order chi connectivity index (χ1) is 22.1. The maximum absolute atomic E-state index is 14.4. The predicted octanol–water partition coefficient (Wildman–Crippen LogP) is 3.76. The van der Waals surface area contributed by atoms with E-state index in [2.05, 4.69) is 15.3 Å². The molecule has 1 aliphatic rings. The topological polar surface area (TPSA) is 145 Å². The van der Waals surface area contributed by atoms with Gasteiger partial charge in [-0.1, -0.05) is 6.07 Å². The monoisotopic (exact) mass is 662 g/mol. The van der Waals surface area contributed by atoms with Crippen molar-refractivity contribution in [3.05, 3.63) is 77.0 Å². The molecule has 0 saturated carbocycles. The Morgan fingerprint density at radius 2 is 1.87 bits per heavy atom. The Hall–Kier alpha value is -5.12. The molecule has 2 N–H and O–H groups in total. The van der Waals surface area contributed by atoms with Crippen LogP contribution in [0.25, 0.3) is 0 Å². The number of morpholine rings is 1. The SMILES string of the molecule is Cc1cc(N2CCOCC2CC(F)(F)F)cc(F)c1C(=O)NCC(=O)O.Cc1ccc(N(C=O)C(=O)c2ccncc2N(C)C)nc1. The molecule has 3 heterocycles. The molecule has 1 fully saturated rings. The smallest absolute Gasteiger partial charge is 0.391 e. The molecule has 47 heavy (non-hydrogen) atoms. The summed E-state index contributed by atoms with van der Waals surface area (Å²) in [5.41, 5.74) is 2.06. The number of hydrogen-bond donors (Lipinski definition) is 2. The molecule has 1 atom stereocenters. The van der Waals surface area contributed by atoms with Gasteiger partial charge in [-0.05, 0) is 49.2 Å². The molecule has 0 spiro atoms. The number of carbonyl (C=O) groups excluding carboxylic acids is 3. The molecular weight excluding hydrogens is 628 g/mol. The van der Waals surface area contributed by atoms with Crippen molar-refractivity contribution < 1.29 is 46.6 Å². The number of aryl methyl sites for hydroxylation is 2. The van der Waals surface area contributed by atoms with E-state index in [1.807, 2.05) is 21.0 Å². The van der Waals surface area contributed by atoms with Gasteiger partial charge < -0.3 is 25.0 Å². The normalized spacial score (nSPS) is 14.4. The summed E-state index contributed by atoms with van der Waals surface area (Å²) < 4.78 is 57.8. The number of halogens is 4. The van der Waals surface area contributed by atoms with Gasteiger partial charge in [0.2, 0.25) is 6.41 Å². The molecule has 1 aliphatic heterocycles. The number of imide groups is 1. The number of benzene rings is 1. The lowest BCUT2D eigenvalue weighted by atomic mass is 10.0. The number of alkyl halides is 3. The highest BCUT2D eigenvalue weighted by Crippen LogP contribution is 2.31. The standard InChI is InChI=1S/C16H18F4N2O4.C15H16N4O2/c1-9-4-10(5-12(17)14(9)15(25)21-7-13(23)24)22-2-3-26-8-11(22)6-16(18,19)20;1-11-4-5-14(17-8-11)19(10-20)15(21)12-6-7-16-9-13(12)18(2)3/h4-5,11H,2-3,6-8H2,1H3,(H,21,25)(H,23,24);4-10H,1-3H3. The number of aliphatic carboxylic acids is 1. The number of carboxylic acids is 1. The molecule has 0 aliphatic carbocycles. The number of nitrogens with one attached hydrogen (secondary N) is 1. The highest BCUT2D eigenvalue weighted by molar-refractivity contribution is 6.17. The van der Waals surface area contributed by atoms with Crippen LogP contribution in [0.15, 0.2) is 48.9 Å². The number of rotatable bonds is 9. The van der Waals surface area contributed by atoms with Crippen LogP contribution in [0.1, 0.15) is 38.3 Å². The van der Waals surface area contributed by atoms with Crippen molar-refractivity contribution in [1.82, 2.24) is 15.3 Å². The lowest BCUT2D eigenvalue weighted by Gasteiger charge is -2.38. The van der Waals surface area contributed by atoms with Gasteiger partial charge in [-0.3, -0.25) is 24.2 Å². The van der Waals surface area contributed by atoms with E-state index in [9.17, 15) is 36.7 Å². The summed E-state index contributed by atoms with van der Waals surface area (Å²) >= 11 is 0. The number of hydrogen-bond acceptors (Lipinski definition) is 9. The van der Waals surface area contributed by atoms with Crippen LogP contribution < -0.4 is 20.0 Å². The first-order valence-electron chi connectivity index (χ1n) is 14.2. The van der Waals surface area contributed by atoms with Crippen LogP contribution in [0.4, 0.5) is 34.8 Å². The summed E-state index contributed by atoms with van der Waals surface area (Å²) in [6.07, 6.45) is -0.314. The van der Waals surface area contributed by atoms with Crippen LogP contribution in [0, 0.1) is 19.7 Å². The summed E-state index contributed by atoms with van der Waals surface area (Å²) in [7, 11) is 3.62. The van der Waals surface area contributed by atoms with Crippen molar-refractivity contribution >= 4 is 41.4 Å². The number of anilines is 3. The third kappa shape index (κ3) is 9.93. The molecule has 2 aromatic heterocycles. The number of pyridine rings is 2. The second-order valence-corrected chi connectivity index (χ2v) is 10.7. The van der Waals surface area contributed by atoms with Crippen LogP contribution in [0.2, 0.25) is 0 Å². The van der Waals surface area contributed by atoms with Crippen molar-refractivity contribution in [2.45, 2.75) is 32.5 Å². The Morgan fingerprint density at radius 1 is 1.15 bits per heavy atom. The fourth-order valence-electron chi connectivity index (χ4n) is 4.72. The van der Waals surface area contributed by atoms with Crippen molar-refractivity contribution in [3.8, 4) is 0 Å². The van der Waals surface area contributed by atoms with E-state index >= 15 is 0 Å². The van der Waals surface area contributed by atoms with Gasteiger partial charge in [0.1, 0.15) is 18.2 Å². The van der Waals surface area contributed by atoms with E-state index in [1.165, 1.54) is 24.1 Å². The minimum atomic E-state index is -4.39. The second kappa shape index (κ2) is 15.9. The van der Waals surface area contributed by atoms with Crippen LogP contribution in [0.5, 0.6) is 0 Å². The molecular formula is C31H34F4N6O6. The van der Waals surface area contributed by atoms with Gasteiger partial charge in [0.15, 0.2) is 0 Å². The van der Waals surface area contributed by atoms with E-state index in [-0.39, 0.29) is 36.6 Å². The Balaban J connectivity index is 0.000000261. The van der Waals surface area contributed by atoms with E-state index < -0.39 is 48.8 Å². The quantitative estimate of drug-likeness (QED) is 0.257. The number of ether oxygens (including phenoxy) is 1. The van der Waals surface area contributed by atoms with Gasteiger partial charge in [0.25, 0.3) is 11.8 Å². The van der Waals surface area contributed by atoms with Crippen LogP contribution in [-0.4, -0.2) is 91.9 Å². The van der Waals surface area contributed by atoms with Crippen LogP contribution in [-0.2, 0) is 14.3 Å². The zero-order valence-corrected chi connectivity index (χ0v) is 26.0. The minimum absolute atomic E-state index is 0.138. The zero-order valence-electron chi connectivity index (χ0n) is 26.0. The highest BCUT2D eigenvalue weighted by Gasteiger charge is 2.37. The maximum atomic E-state index is 14.4. The molecule has 252 valence electrons.